The number of anilines is 3. The minimum atomic E-state index is -0.607. The quantitative estimate of drug-likeness (QED) is 0.698. The topological polar surface area (TPSA) is 118 Å². The maximum atomic E-state index is 13.6. The molecule has 0 radical (unpaired) electrons. The Morgan fingerprint density at radius 2 is 1.97 bits per heavy atom. The van der Waals surface area contributed by atoms with Gasteiger partial charge >= 0.3 is 0 Å². The Morgan fingerprint density at radius 3 is 2.68 bits per heavy atom. The highest BCUT2D eigenvalue weighted by Crippen LogP contribution is 2.54. The number of rotatable bonds is 4. The van der Waals surface area contributed by atoms with E-state index in [1.807, 2.05) is 6.92 Å². The molecule has 3 aliphatic carbocycles. The summed E-state index contributed by atoms with van der Waals surface area (Å²) in [7, 11) is 0. The molecule has 0 saturated heterocycles. The van der Waals surface area contributed by atoms with Crippen LogP contribution in [-0.4, -0.2) is 26.3 Å². The summed E-state index contributed by atoms with van der Waals surface area (Å²) in [5.74, 6) is 1.52. The first kappa shape index (κ1) is 18.5. The fraction of sp³-hybridized carbons (Fsp3) is 0.500. The molecule has 2 aromatic rings. The molecule has 9 nitrogen and oxygen atoms in total. The van der Waals surface area contributed by atoms with Crippen LogP contribution >= 0.6 is 0 Å². The van der Waals surface area contributed by atoms with E-state index in [4.69, 9.17) is 0 Å². The Kier molecular flexibility index (Phi) is 3.82. The van der Waals surface area contributed by atoms with Gasteiger partial charge in [0.2, 0.25) is 5.91 Å². The van der Waals surface area contributed by atoms with Crippen LogP contribution in [0.15, 0.2) is 23.3 Å². The van der Waals surface area contributed by atoms with Gasteiger partial charge in [0.25, 0.3) is 11.5 Å². The second kappa shape index (κ2) is 6.38. The number of pyridine rings is 1. The first-order chi connectivity index (χ1) is 14.9. The summed E-state index contributed by atoms with van der Waals surface area (Å²) in [5.41, 5.74) is 0.731. The SMILES string of the molecule is Cc1cc(Nc2cc(NC(=O)C3CC3)ncn2)c(=O)n2c1C(=O)NC21CC2CCC1C2. The molecule has 1 aliphatic heterocycles. The lowest BCUT2D eigenvalue weighted by Gasteiger charge is -2.35. The second-order valence-corrected chi connectivity index (χ2v) is 9.37. The Morgan fingerprint density at radius 1 is 1.16 bits per heavy atom. The highest BCUT2D eigenvalue weighted by atomic mass is 16.2. The van der Waals surface area contributed by atoms with Crippen molar-refractivity contribution in [3.63, 3.8) is 0 Å². The van der Waals surface area contributed by atoms with E-state index >= 15 is 0 Å². The number of carbonyl (C=O) groups excluding carboxylic acids is 2. The van der Waals surface area contributed by atoms with Crippen LogP contribution in [0.4, 0.5) is 17.3 Å². The van der Waals surface area contributed by atoms with Gasteiger partial charge in [0.15, 0.2) is 0 Å². The molecule has 3 unspecified atom stereocenters. The van der Waals surface area contributed by atoms with E-state index in [2.05, 4.69) is 25.9 Å². The average Bonchev–Trinajstić information content (AvgIpc) is 3.31. The molecule has 9 heteroatoms. The van der Waals surface area contributed by atoms with Crippen LogP contribution in [0.3, 0.4) is 0 Å². The summed E-state index contributed by atoms with van der Waals surface area (Å²) < 4.78 is 1.70. The lowest BCUT2D eigenvalue weighted by molar-refractivity contribution is -0.117. The van der Waals surface area contributed by atoms with Crippen molar-refractivity contribution in [2.24, 2.45) is 17.8 Å². The largest absolute Gasteiger partial charge is 0.336 e. The zero-order valence-corrected chi connectivity index (χ0v) is 17.3. The van der Waals surface area contributed by atoms with Gasteiger partial charge in [-0.3, -0.25) is 19.0 Å². The minimum Gasteiger partial charge on any atom is -0.336 e. The summed E-state index contributed by atoms with van der Waals surface area (Å²) in [6.07, 6.45) is 7.23. The van der Waals surface area contributed by atoms with Gasteiger partial charge in [-0.15, -0.1) is 0 Å². The fourth-order valence-corrected chi connectivity index (χ4v) is 5.74. The predicted molar refractivity (Wildman–Crippen MR) is 113 cm³/mol. The highest BCUT2D eigenvalue weighted by Gasteiger charge is 2.57. The molecule has 1 spiro atoms. The van der Waals surface area contributed by atoms with Crippen molar-refractivity contribution in [2.75, 3.05) is 10.6 Å². The molecule has 6 rings (SSSR count). The van der Waals surface area contributed by atoms with Gasteiger partial charge in [-0.25, -0.2) is 9.97 Å². The Bertz CT molecular complexity index is 1190. The molecule has 2 aromatic heterocycles. The molecule has 31 heavy (non-hydrogen) atoms. The molecule has 3 N–H and O–H groups in total. The van der Waals surface area contributed by atoms with Gasteiger partial charge < -0.3 is 16.0 Å². The monoisotopic (exact) mass is 420 g/mol. The standard InChI is InChI=1S/C22H24N6O3/c1-11-6-15(25-16-8-17(24-10-23-16)26-19(29)13-3-4-13)21(31)28-18(11)20(30)27-22(28)9-12-2-5-14(22)7-12/h6,8,10,12-14H,2-5,7,9H2,1H3,(H,27,30)(H2,23,24,25,26,29). The number of aryl methyl sites for hydroxylation is 1. The first-order valence-corrected chi connectivity index (χ1v) is 10.9. The van der Waals surface area contributed by atoms with E-state index in [1.165, 1.54) is 12.7 Å². The highest BCUT2D eigenvalue weighted by molar-refractivity contribution is 5.97. The third kappa shape index (κ3) is 2.79. The number of fused-ring (bicyclic) bond motifs is 5. The Labute approximate surface area is 178 Å². The van der Waals surface area contributed by atoms with Crippen molar-refractivity contribution < 1.29 is 9.59 Å². The smallest absolute Gasteiger partial charge is 0.276 e. The number of aromatic nitrogens is 3. The number of amides is 2. The van der Waals surface area contributed by atoms with E-state index in [0.717, 1.165) is 37.7 Å². The summed E-state index contributed by atoms with van der Waals surface area (Å²) in [4.78, 5) is 46.7. The van der Waals surface area contributed by atoms with E-state index in [0.29, 0.717) is 34.9 Å². The van der Waals surface area contributed by atoms with Gasteiger partial charge in [0.1, 0.15) is 35.0 Å². The Balaban J connectivity index is 1.36. The van der Waals surface area contributed by atoms with Gasteiger partial charge in [0.05, 0.1) is 0 Å². The molecule has 3 fully saturated rings. The van der Waals surface area contributed by atoms with Crippen LogP contribution in [-0.2, 0) is 10.5 Å². The van der Waals surface area contributed by atoms with Gasteiger partial charge in [-0.05, 0) is 63.0 Å². The number of nitrogens with one attached hydrogen (secondary N) is 3. The zero-order chi connectivity index (χ0) is 21.3. The lowest BCUT2D eigenvalue weighted by Crippen LogP contribution is -2.51. The molecule has 2 bridgehead atoms. The van der Waals surface area contributed by atoms with E-state index in [9.17, 15) is 14.4 Å². The number of carbonyl (C=O) groups is 2. The van der Waals surface area contributed by atoms with Crippen molar-refractivity contribution in [3.05, 3.63) is 40.1 Å². The van der Waals surface area contributed by atoms with Crippen LogP contribution in [0.25, 0.3) is 0 Å². The normalized spacial score (nSPS) is 28.0. The van der Waals surface area contributed by atoms with Crippen molar-refractivity contribution >= 4 is 29.1 Å². The predicted octanol–water partition coefficient (Wildman–Crippen LogP) is 2.26. The van der Waals surface area contributed by atoms with Crippen LogP contribution in [0, 0.1) is 24.7 Å². The van der Waals surface area contributed by atoms with Crippen LogP contribution in [0.2, 0.25) is 0 Å². The first-order valence-electron chi connectivity index (χ1n) is 10.9. The van der Waals surface area contributed by atoms with E-state index in [1.54, 1.807) is 16.7 Å². The molecule has 4 aliphatic rings. The van der Waals surface area contributed by atoms with Crippen molar-refractivity contribution in [3.8, 4) is 0 Å². The van der Waals surface area contributed by atoms with Crippen LogP contribution < -0.4 is 21.5 Å². The summed E-state index contributed by atoms with van der Waals surface area (Å²) >= 11 is 0. The van der Waals surface area contributed by atoms with Crippen molar-refractivity contribution in [1.29, 1.82) is 0 Å². The Hall–Kier alpha value is -3.23. The van der Waals surface area contributed by atoms with E-state index < -0.39 is 5.66 Å². The molecule has 3 atom stereocenters. The summed E-state index contributed by atoms with van der Waals surface area (Å²) in [6, 6.07) is 3.31. The third-order valence-electron chi connectivity index (χ3n) is 7.28. The van der Waals surface area contributed by atoms with Crippen LogP contribution in [0.5, 0.6) is 0 Å². The summed E-state index contributed by atoms with van der Waals surface area (Å²) in [5, 5.41) is 9.05. The summed E-state index contributed by atoms with van der Waals surface area (Å²) in [6.45, 7) is 1.85. The maximum Gasteiger partial charge on any atom is 0.276 e. The molecular weight excluding hydrogens is 396 g/mol. The average molecular weight is 420 g/mol. The molecule has 3 heterocycles. The van der Waals surface area contributed by atoms with Gasteiger partial charge in [-0.2, -0.15) is 0 Å². The molecule has 0 aromatic carbocycles. The molecule has 2 amide bonds. The number of hydrogen-bond donors (Lipinski definition) is 3. The van der Waals surface area contributed by atoms with Crippen molar-refractivity contribution in [1.82, 2.24) is 19.9 Å². The molecular formula is C22H24N6O3. The minimum absolute atomic E-state index is 0.0408. The zero-order valence-electron chi connectivity index (χ0n) is 17.3. The second-order valence-electron chi connectivity index (χ2n) is 9.37. The molecule has 160 valence electrons. The van der Waals surface area contributed by atoms with E-state index in [-0.39, 0.29) is 23.3 Å². The lowest BCUT2D eigenvalue weighted by atomic mass is 9.88. The van der Waals surface area contributed by atoms with Gasteiger partial charge in [-0.1, -0.05) is 0 Å². The number of nitrogens with zero attached hydrogens (tertiary/aromatic N) is 3. The van der Waals surface area contributed by atoms with Crippen molar-refractivity contribution in [2.45, 2.75) is 51.1 Å². The maximum absolute atomic E-state index is 13.6. The number of hydrogen-bond acceptors (Lipinski definition) is 6. The third-order valence-corrected chi connectivity index (χ3v) is 7.28. The van der Waals surface area contributed by atoms with Crippen LogP contribution in [0.1, 0.15) is 54.6 Å². The van der Waals surface area contributed by atoms with Gasteiger partial charge in [0, 0.05) is 17.9 Å². The molecule has 3 saturated carbocycles. The fourth-order valence-electron chi connectivity index (χ4n) is 5.74.